The molecule has 17 heavy (non-hydrogen) atoms. The summed E-state index contributed by atoms with van der Waals surface area (Å²) in [6, 6.07) is 8.74. The van der Waals surface area contributed by atoms with Gasteiger partial charge in [-0.15, -0.1) is 5.10 Å². The SMILES string of the molecule is Cc1ccccc1[C@H](C)NCc1cn(C)nn1. The second-order valence-electron chi connectivity index (χ2n) is 4.34. The minimum absolute atomic E-state index is 0.318. The quantitative estimate of drug-likeness (QED) is 0.873. The summed E-state index contributed by atoms with van der Waals surface area (Å²) in [7, 11) is 1.88. The molecule has 0 unspecified atom stereocenters. The summed E-state index contributed by atoms with van der Waals surface area (Å²) in [6.07, 6.45) is 1.93. The van der Waals surface area contributed by atoms with Gasteiger partial charge < -0.3 is 5.32 Å². The van der Waals surface area contributed by atoms with Crippen LogP contribution in [0.3, 0.4) is 0 Å². The molecule has 1 atom stereocenters. The predicted molar refractivity (Wildman–Crippen MR) is 67.4 cm³/mol. The molecule has 4 nitrogen and oxygen atoms in total. The number of nitrogens with zero attached hydrogens (tertiary/aromatic N) is 3. The molecule has 1 heterocycles. The molecule has 2 aromatic rings. The van der Waals surface area contributed by atoms with Crippen molar-refractivity contribution in [2.75, 3.05) is 0 Å². The maximum atomic E-state index is 4.05. The first-order valence-corrected chi connectivity index (χ1v) is 5.81. The first-order valence-electron chi connectivity index (χ1n) is 5.81. The summed E-state index contributed by atoms with van der Waals surface area (Å²) in [4.78, 5) is 0. The molecule has 90 valence electrons. The fourth-order valence-electron chi connectivity index (χ4n) is 1.92. The zero-order valence-electron chi connectivity index (χ0n) is 10.5. The van der Waals surface area contributed by atoms with Crippen molar-refractivity contribution in [2.45, 2.75) is 26.4 Å². The Bertz CT molecular complexity index is 490. The van der Waals surface area contributed by atoms with E-state index in [0.717, 1.165) is 12.2 Å². The average molecular weight is 230 g/mol. The van der Waals surface area contributed by atoms with E-state index in [0.29, 0.717) is 6.04 Å². The van der Waals surface area contributed by atoms with Gasteiger partial charge in [0.05, 0.1) is 5.69 Å². The highest BCUT2D eigenvalue weighted by atomic mass is 15.4. The van der Waals surface area contributed by atoms with Crippen LogP contribution in [0.25, 0.3) is 0 Å². The lowest BCUT2D eigenvalue weighted by Gasteiger charge is -2.15. The fourth-order valence-corrected chi connectivity index (χ4v) is 1.92. The van der Waals surface area contributed by atoms with Crippen LogP contribution in [-0.2, 0) is 13.6 Å². The highest BCUT2D eigenvalue weighted by Gasteiger charge is 2.07. The standard InChI is InChI=1S/C13H18N4/c1-10-6-4-5-7-13(10)11(2)14-8-12-9-17(3)16-15-12/h4-7,9,11,14H,8H2,1-3H3/t11-/m0/s1. The first kappa shape index (κ1) is 11.8. The van der Waals surface area contributed by atoms with Gasteiger partial charge in [0.25, 0.3) is 0 Å². The van der Waals surface area contributed by atoms with Crippen molar-refractivity contribution in [3.63, 3.8) is 0 Å². The van der Waals surface area contributed by atoms with E-state index in [4.69, 9.17) is 0 Å². The maximum Gasteiger partial charge on any atom is 0.0964 e. The van der Waals surface area contributed by atoms with Crippen molar-refractivity contribution in [1.29, 1.82) is 0 Å². The second kappa shape index (κ2) is 5.10. The summed E-state index contributed by atoms with van der Waals surface area (Å²) in [5.74, 6) is 0. The third kappa shape index (κ3) is 2.91. The van der Waals surface area contributed by atoms with Gasteiger partial charge in [0, 0.05) is 25.8 Å². The lowest BCUT2D eigenvalue weighted by atomic mass is 10.0. The molecular formula is C13H18N4. The van der Waals surface area contributed by atoms with Crippen molar-refractivity contribution in [1.82, 2.24) is 20.3 Å². The van der Waals surface area contributed by atoms with Gasteiger partial charge in [0.2, 0.25) is 0 Å². The monoisotopic (exact) mass is 230 g/mol. The van der Waals surface area contributed by atoms with Gasteiger partial charge in [-0.1, -0.05) is 29.5 Å². The van der Waals surface area contributed by atoms with Gasteiger partial charge in [-0.2, -0.15) is 0 Å². The summed E-state index contributed by atoms with van der Waals surface area (Å²) >= 11 is 0. The van der Waals surface area contributed by atoms with Crippen molar-refractivity contribution < 1.29 is 0 Å². The molecule has 4 heteroatoms. The maximum absolute atomic E-state index is 4.05. The molecule has 0 fully saturated rings. The lowest BCUT2D eigenvalue weighted by molar-refractivity contribution is 0.564. The van der Waals surface area contributed by atoms with Crippen molar-refractivity contribution in [3.8, 4) is 0 Å². The van der Waals surface area contributed by atoms with E-state index in [1.165, 1.54) is 11.1 Å². The molecule has 0 spiro atoms. The summed E-state index contributed by atoms with van der Waals surface area (Å²) in [6.45, 7) is 5.04. The van der Waals surface area contributed by atoms with Crippen LogP contribution in [0.1, 0.15) is 29.8 Å². The average Bonchev–Trinajstić information content (AvgIpc) is 2.73. The highest BCUT2D eigenvalue weighted by molar-refractivity contribution is 5.28. The lowest BCUT2D eigenvalue weighted by Crippen LogP contribution is -2.19. The number of hydrogen-bond acceptors (Lipinski definition) is 3. The smallest absolute Gasteiger partial charge is 0.0964 e. The normalized spacial score (nSPS) is 12.6. The Hall–Kier alpha value is -1.68. The molecule has 0 radical (unpaired) electrons. The van der Waals surface area contributed by atoms with Crippen LogP contribution in [0.2, 0.25) is 0 Å². The third-order valence-corrected chi connectivity index (χ3v) is 2.89. The molecule has 1 aromatic heterocycles. The Labute approximate surface area is 102 Å². The largest absolute Gasteiger partial charge is 0.304 e. The van der Waals surface area contributed by atoms with Gasteiger partial charge in [-0.25, -0.2) is 0 Å². The molecule has 0 aliphatic heterocycles. The molecular weight excluding hydrogens is 212 g/mol. The van der Waals surface area contributed by atoms with E-state index in [2.05, 4.69) is 53.7 Å². The zero-order valence-corrected chi connectivity index (χ0v) is 10.5. The van der Waals surface area contributed by atoms with Crippen molar-refractivity contribution in [3.05, 3.63) is 47.3 Å². The molecule has 1 aromatic carbocycles. The topological polar surface area (TPSA) is 42.7 Å². The number of benzene rings is 1. The summed E-state index contributed by atoms with van der Waals surface area (Å²) < 4.78 is 1.72. The molecule has 0 saturated heterocycles. The fraction of sp³-hybridized carbons (Fsp3) is 0.385. The molecule has 0 amide bonds. The van der Waals surface area contributed by atoms with Gasteiger partial charge in [0.1, 0.15) is 0 Å². The molecule has 0 bridgehead atoms. The van der Waals surface area contributed by atoms with Crippen LogP contribution < -0.4 is 5.32 Å². The predicted octanol–water partition coefficient (Wildman–Crippen LogP) is 1.97. The number of nitrogens with one attached hydrogen (secondary N) is 1. The summed E-state index contributed by atoms with van der Waals surface area (Å²) in [5, 5.41) is 11.4. The number of aromatic nitrogens is 3. The molecule has 0 aliphatic carbocycles. The van der Waals surface area contributed by atoms with E-state index < -0.39 is 0 Å². The minimum Gasteiger partial charge on any atom is -0.304 e. The Kier molecular flexibility index (Phi) is 3.54. The van der Waals surface area contributed by atoms with Crippen molar-refractivity contribution >= 4 is 0 Å². The van der Waals surface area contributed by atoms with Crippen LogP contribution in [0.15, 0.2) is 30.5 Å². The van der Waals surface area contributed by atoms with E-state index in [1.807, 2.05) is 13.2 Å². The van der Waals surface area contributed by atoms with E-state index in [-0.39, 0.29) is 0 Å². The zero-order chi connectivity index (χ0) is 12.3. The Morgan fingerprint density at radius 1 is 1.35 bits per heavy atom. The number of aryl methyl sites for hydroxylation is 2. The van der Waals surface area contributed by atoms with Crippen molar-refractivity contribution in [2.24, 2.45) is 7.05 Å². The third-order valence-electron chi connectivity index (χ3n) is 2.89. The van der Waals surface area contributed by atoms with Gasteiger partial charge in [-0.05, 0) is 25.0 Å². The van der Waals surface area contributed by atoms with Crippen LogP contribution >= 0.6 is 0 Å². The van der Waals surface area contributed by atoms with E-state index >= 15 is 0 Å². The van der Waals surface area contributed by atoms with Crippen LogP contribution in [0, 0.1) is 6.92 Å². The van der Waals surface area contributed by atoms with E-state index in [1.54, 1.807) is 4.68 Å². The second-order valence-corrected chi connectivity index (χ2v) is 4.34. The van der Waals surface area contributed by atoms with Gasteiger partial charge >= 0.3 is 0 Å². The number of hydrogen-bond donors (Lipinski definition) is 1. The highest BCUT2D eigenvalue weighted by Crippen LogP contribution is 2.16. The number of rotatable bonds is 4. The Morgan fingerprint density at radius 2 is 2.12 bits per heavy atom. The molecule has 0 saturated carbocycles. The molecule has 0 aliphatic rings. The molecule has 1 N–H and O–H groups in total. The van der Waals surface area contributed by atoms with Crippen LogP contribution in [-0.4, -0.2) is 15.0 Å². The Balaban J connectivity index is 1.98. The van der Waals surface area contributed by atoms with Crippen LogP contribution in [0.5, 0.6) is 0 Å². The first-order chi connectivity index (χ1) is 8.16. The van der Waals surface area contributed by atoms with Crippen LogP contribution in [0.4, 0.5) is 0 Å². The molecule has 2 rings (SSSR count). The van der Waals surface area contributed by atoms with Gasteiger partial charge in [0.15, 0.2) is 0 Å². The minimum atomic E-state index is 0.318. The van der Waals surface area contributed by atoms with Gasteiger partial charge in [-0.3, -0.25) is 4.68 Å². The van der Waals surface area contributed by atoms with E-state index in [9.17, 15) is 0 Å². The Morgan fingerprint density at radius 3 is 2.76 bits per heavy atom. The summed E-state index contributed by atoms with van der Waals surface area (Å²) in [5.41, 5.74) is 3.61.